The van der Waals surface area contributed by atoms with E-state index >= 15 is 0 Å². The van der Waals surface area contributed by atoms with Crippen molar-refractivity contribution in [1.29, 1.82) is 0 Å². The minimum absolute atomic E-state index is 0.171. The molecule has 2 N–H and O–H groups in total. The molecule has 0 spiro atoms. The average molecular weight is 398 g/mol. The van der Waals surface area contributed by atoms with Crippen molar-refractivity contribution in [1.82, 2.24) is 14.9 Å². The highest BCUT2D eigenvalue weighted by Crippen LogP contribution is 2.39. The number of aromatic nitrogens is 2. The molecule has 0 unspecified atom stereocenters. The number of nitrogens with zero attached hydrogens (tertiary/aromatic N) is 3. The predicted molar refractivity (Wildman–Crippen MR) is 111 cm³/mol. The van der Waals surface area contributed by atoms with E-state index < -0.39 is 0 Å². The fraction of sp³-hybridized carbons (Fsp3) is 0.300. The Kier molecular flexibility index (Phi) is 4.26. The third kappa shape index (κ3) is 2.76. The van der Waals surface area contributed by atoms with Gasteiger partial charge in [-0.1, -0.05) is 11.3 Å². The minimum Gasteiger partial charge on any atom is -0.395 e. The topological polar surface area (TPSA) is 72.5 Å². The summed E-state index contributed by atoms with van der Waals surface area (Å²) in [6.45, 7) is 4.29. The van der Waals surface area contributed by atoms with E-state index in [4.69, 9.17) is 10.1 Å². The van der Waals surface area contributed by atoms with Crippen molar-refractivity contribution >= 4 is 48.2 Å². The van der Waals surface area contributed by atoms with Crippen molar-refractivity contribution in [3.63, 3.8) is 0 Å². The molecule has 0 bridgehead atoms. The van der Waals surface area contributed by atoms with Crippen molar-refractivity contribution in [2.24, 2.45) is 0 Å². The quantitative estimate of drug-likeness (QED) is 0.519. The number of H-pyrrole nitrogens is 1. The second-order valence-corrected chi connectivity index (χ2v) is 7.99. The lowest BCUT2D eigenvalue weighted by Crippen LogP contribution is -2.47. The van der Waals surface area contributed by atoms with Crippen LogP contribution < -0.4 is 10.5 Å². The molecule has 0 radical (unpaired) electrons. The molecule has 0 amide bonds. The molecule has 1 fully saturated rings. The van der Waals surface area contributed by atoms with Gasteiger partial charge in [-0.05, 0) is 24.3 Å². The monoisotopic (exact) mass is 398 g/mol. The van der Waals surface area contributed by atoms with E-state index in [1.165, 1.54) is 12.1 Å². The van der Waals surface area contributed by atoms with Crippen LogP contribution >= 0.6 is 11.3 Å². The highest BCUT2D eigenvalue weighted by molar-refractivity contribution is 7.23. The summed E-state index contributed by atoms with van der Waals surface area (Å²) >= 11 is 1.58. The van der Waals surface area contributed by atoms with Crippen LogP contribution in [0.4, 0.5) is 9.52 Å². The van der Waals surface area contributed by atoms with E-state index in [1.54, 1.807) is 23.6 Å². The van der Waals surface area contributed by atoms with E-state index in [1.807, 2.05) is 6.07 Å². The Morgan fingerprint density at radius 1 is 1.14 bits per heavy atom. The van der Waals surface area contributed by atoms with E-state index in [9.17, 15) is 9.18 Å². The molecule has 0 aliphatic carbocycles. The number of nitrogens with one attached hydrogen (secondary N) is 1. The normalized spacial score (nSPS) is 15.9. The lowest BCUT2D eigenvalue weighted by atomic mass is 10.0. The molecule has 2 aromatic heterocycles. The van der Waals surface area contributed by atoms with E-state index in [2.05, 4.69) is 14.8 Å². The van der Waals surface area contributed by atoms with Crippen LogP contribution in [0.2, 0.25) is 0 Å². The van der Waals surface area contributed by atoms with E-state index in [0.29, 0.717) is 17.3 Å². The van der Waals surface area contributed by atoms with Gasteiger partial charge in [-0.2, -0.15) is 0 Å². The lowest BCUT2D eigenvalue weighted by Gasteiger charge is -2.34. The molecule has 1 aliphatic heterocycles. The number of anilines is 1. The third-order valence-corrected chi connectivity index (χ3v) is 6.54. The number of pyridine rings is 1. The fourth-order valence-corrected chi connectivity index (χ4v) is 5.14. The number of aromatic amines is 1. The second-order valence-electron chi connectivity index (χ2n) is 7.01. The molecule has 1 saturated heterocycles. The van der Waals surface area contributed by atoms with Crippen LogP contribution in [0.1, 0.15) is 0 Å². The van der Waals surface area contributed by atoms with E-state index in [-0.39, 0.29) is 18.0 Å². The number of hydrogen-bond donors (Lipinski definition) is 2. The Labute approximate surface area is 163 Å². The van der Waals surface area contributed by atoms with Crippen molar-refractivity contribution in [3.8, 4) is 0 Å². The molecule has 144 valence electrons. The minimum atomic E-state index is -0.369. The zero-order chi connectivity index (χ0) is 19.3. The van der Waals surface area contributed by atoms with Crippen LogP contribution in [0.15, 0.2) is 35.3 Å². The molecule has 6 nitrogen and oxygen atoms in total. The molecule has 5 rings (SSSR count). The number of halogens is 1. The number of rotatable bonds is 3. The van der Waals surface area contributed by atoms with Crippen LogP contribution in [0.5, 0.6) is 0 Å². The molecule has 0 saturated carbocycles. The maximum atomic E-state index is 13.9. The van der Waals surface area contributed by atoms with Gasteiger partial charge in [-0.3, -0.25) is 9.69 Å². The summed E-state index contributed by atoms with van der Waals surface area (Å²) in [6, 6.07) is 6.41. The number of hydrogen-bond acceptors (Lipinski definition) is 6. The first kappa shape index (κ1) is 17.5. The number of fused-ring (bicyclic) bond motifs is 6. The van der Waals surface area contributed by atoms with Crippen molar-refractivity contribution < 1.29 is 9.50 Å². The second kappa shape index (κ2) is 6.80. The maximum absolute atomic E-state index is 13.9. The standard InChI is InChI=1S/C20H19FN4O2S/c21-12-1-2-13-15(11-12)16-14(3-4-22-19(16)27)18-17(13)23-20(28-18)25-7-5-24(6-8-25)9-10-26/h1-4,11,26H,5-10H2,(H,22,27). The maximum Gasteiger partial charge on any atom is 0.256 e. The first-order valence-corrected chi connectivity index (χ1v) is 10.1. The number of aliphatic hydroxyl groups excluding tert-OH is 1. The summed E-state index contributed by atoms with van der Waals surface area (Å²) in [6.07, 6.45) is 1.63. The summed E-state index contributed by atoms with van der Waals surface area (Å²) in [7, 11) is 0. The van der Waals surface area contributed by atoms with Gasteiger partial charge in [0, 0.05) is 55.1 Å². The summed E-state index contributed by atoms with van der Waals surface area (Å²) < 4.78 is 14.9. The van der Waals surface area contributed by atoms with Crippen LogP contribution in [0.3, 0.4) is 0 Å². The smallest absolute Gasteiger partial charge is 0.256 e. The Hall–Kier alpha value is -2.55. The molecule has 0 atom stereocenters. The number of piperazine rings is 1. The average Bonchev–Trinajstić information content (AvgIpc) is 3.14. The summed E-state index contributed by atoms with van der Waals surface area (Å²) in [5, 5.41) is 12.7. The third-order valence-electron chi connectivity index (χ3n) is 5.39. The summed E-state index contributed by atoms with van der Waals surface area (Å²) in [5.74, 6) is -0.369. The van der Waals surface area contributed by atoms with Crippen LogP contribution in [0, 0.1) is 5.82 Å². The van der Waals surface area contributed by atoms with Crippen molar-refractivity contribution in [3.05, 3.63) is 46.6 Å². The van der Waals surface area contributed by atoms with Crippen molar-refractivity contribution in [2.75, 3.05) is 44.2 Å². The van der Waals surface area contributed by atoms with Gasteiger partial charge in [0.1, 0.15) is 5.82 Å². The molecular weight excluding hydrogens is 379 g/mol. The van der Waals surface area contributed by atoms with E-state index in [0.717, 1.165) is 52.3 Å². The van der Waals surface area contributed by atoms with Crippen molar-refractivity contribution in [2.45, 2.75) is 0 Å². The molecular formula is C20H19FN4O2S. The van der Waals surface area contributed by atoms with Gasteiger partial charge < -0.3 is 15.0 Å². The molecule has 8 heteroatoms. The Bertz CT molecular complexity index is 1240. The van der Waals surface area contributed by atoms with Gasteiger partial charge in [-0.15, -0.1) is 0 Å². The van der Waals surface area contributed by atoms with Crippen LogP contribution in [-0.4, -0.2) is 59.3 Å². The van der Waals surface area contributed by atoms with Gasteiger partial charge in [-0.25, -0.2) is 9.37 Å². The van der Waals surface area contributed by atoms with Crippen LogP contribution in [-0.2, 0) is 0 Å². The Balaban J connectivity index is 1.70. The highest BCUT2D eigenvalue weighted by atomic mass is 32.1. The zero-order valence-electron chi connectivity index (χ0n) is 15.1. The van der Waals surface area contributed by atoms with Gasteiger partial charge in [0.05, 0.1) is 22.2 Å². The molecule has 28 heavy (non-hydrogen) atoms. The summed E-state index contributed by atoms with van der Waals surface area (Å²) in [5.41, 5.74) is 0.591. The predicted octanol–water partition coefficient (Wildman–Crippen LogP) is 2.54. The Morgan fingerprint density at radius 3 is 2.75 bits per heavy atom. The van der Waals surface area contributed by atoms with Gasteiger partial charge in [0.25, 0.3) is 5.56 Å². The van der Waals surface area contributed by atoms with Gasteiger partial charge in [0.2, 0.25) is 0 Å². The Morgan fingerprint density at radius 2 is 1.96 bits per heavy atom. The fourth-order valence-electron chi connectivity index (χ4n) is 3.98. The zero-order valence-corrected chi connectivity index (χ0v) is 15.9. The molecule has 2 aromatic carbocycles. The number of thiazole rings is 1. The largest absolute Gasteiger partial charge is 0.395 e. The number of benzene rings is 2. The molecule has 1 aliphatic rings. The summed E-state index contributed by atoms with van der Waals surface area (Å²) in [4.78, 5) is 24.6. The first-order valence-electron chi connectivity index (χ1n) is 9.27. The van der Waals surface area contributed by atoms with Crippen LogP contribution in [0.25, 0.3) is 31.8 Å². The number of β-amino-alcohol motifs (C(OH)–C–C–N with tert-alkyl or cyclic N) is 1. The van der Waals surface area contributed by atoms with Gasteiger partial charge in [0.15, 0.2) is 5.13 Å². The molecule has 3 heterocycles. The highest BCUT2D eigenvalue weighted by Gasteiger charge is 2.22. The SMILES string of the molecule is O=c1[nH]ccc2c3sc(N4CCN(CCO)CC4)nc3c3ccc(F)cc3c12. The van der Waals surface area contributed by atoms with Gasteiger partial charge >= 0.3 is 0 Å². The first-order chi connectivity index (χ1) is 13.7. The lowest BCUT2D eigenvalue weighted by molar-refractivity contribution is 0.189. The molecule has 4 aromatic rings. The number of aliphatic hydroxyl groups is 1.